The molecule has 0 spiro atoms. The molecular weight excluding hydrogens is 250 g/mol. The number of hydrogen-bond donors (Lipinski definition) is 1. The standard InChI is InChI=1S/C12H21N3O2S/c1-3-5-13-10-4-6-16-7-9(10)12-14-11(8-18-2)15-17-12/h9-10,13H,3-8H2,1-2H3. The summed E-state index contributed by atoms with van der Waals surface area (Å²) in [7, 11) is 0. The van der Waals surface area contributed by atoms with Crippen LogP contribution in [-0.2, 0) is 10.5 Å². The third-order valence-electron chi connectivity index (χ3n) is 3.09. The van der Waals surface area contributed by atoms with Gasteiger partial charge in [0.15, 0.2) is 5.82 Å². The second-order valence-corrected chi connectivity index (χ2v) is 5.38. The third-order valence-corrected chi connectivity index (χ3v) is 3.63. The molecule has 0 saturated carbocycles. The quantitative estimate of drug-likeness (QED) is 0.851. The van der Waals surface area contributed by atoms with E-state index in [0.717, 1.165) is 37.6 Å². The van der Waals surface area contributed by atoms with Gasteiger partial charge in [0.1, 0.15) is 0 Å². The Morgan fingerprint density at radius 3 is 3.17 bits per heavy atom. The summed E-state index contributed by atoms with van der Waals surface area (Å²) < 4.78 is 10.9. The van der Waals surface area contributed by atoms with E-state index in [-0.39, 0.29) is 5.92 Å². The van der Waals surface area contributed by atoms with Crippen molar-refractivity contribution in [2.75, 3.05) is 26.0 Å². The maximum Gasteiger partial charge on any atom is 0.233 e. The molecule has 0 bridgehead atoms. The third kappa shape index (κ3) is 3.46. The Morgan fingerprint density at radius 1 is 1.50 bits per heavy atom. The summed E-state index contributed by atoms with van der Waals surface area (Å²) in [5.41, 5.74) is 0. The highest BCUT2D eigenvalue weighted by molar-refractivity contribution is 7.97. The molecule has 0 aromatic carbocycles. The maximum absolute atomic E-state index is 5.54. The molecule has 6 heteroatoms. The number of hydrogen-bond acceptors (Lipinski definition) is 6. The molecule has 18 heavy (non-hydrogen) atoms. The fourth-order valence-corrected chi connectivity index (χ4v) is 2.54. The summed E-state index contributed by atoms with van der Waals surface area (Å²) in [6.07, 6.45) is 4.17. The first-order valence-corrected chi connectivity index (χ1v) is 7.87. The molecule has 1 aromatic rings. The first-order valence-electron chi connectivity index (χ1n) is 6.47. The van der Waals surface area contributed by atoms with Crippen LogP contribution >= 0.6 is 11.8 Å². The van der Waals surface area contributed by atoms with Gasteiger partial charge in [-0.25, -0.2) is 0 Å². The average Bonchev–Trinajstić information content (AvgIpc) is 2.86. The molecule has 1 aliphatic heterocycles. The van der Waals surface area contributed by atoms with Gasteiger partial charge in [-0.05, 0) is 25.6 Å². The van der Waals surface area contributed by atoms with Crippen LogP contribution in [0.3, 0.4) is 0 Å². The molecule has 2 atom stereocenters. The van der Waals surface area contributed by atoms with Crippen molar-refractivity contribution in [2.24, 2.45) is 0 Å². The Bertz CT molecular complexity index is 359. The van der Waals surface area contributed by atoms with Gasteiger partial charge < -0.3 is 14.6 Å². The zero-order valence-corrected chi connectivity index (χ0v) is 11.8. The van der Waals surface area contributed by atoms with Gasteiger partial charge in [-0.3, -0.25) is 0 Å². The lowest BCUT2D eigenvalue weighted by Gasteiger charge is -2.29. The van der Waals surface area contributed by atoms with Crippen molar-refractivity contribution < 1.29 is 9.26 Å². The molecular formula is C12H21N3O2S. The second-order valence-electron chi connectivity index (χ2n) is 4.51. The van der Waals surface area contributed by atoms with Crippen molar-refractivity contribution in [3.63, 3.8) is 0 Å². The van der Waals surface area contributed by atoms with Gasteiger partial charge in [-0.2, -0.15) is 16.7 Å². The second kappa shape index (κ2) is 7.11. The minimum Gasteiger partial charge on any atom is -0.381 e. The Kier molecular flexibility index (Phi) is 5.46. The predicted molar refractivity (Wildman–Crippen MR) is 71.8 cm³/mol. The number of thioether (sulfide) groups is 1. The Morgan fingerprint density at radius 2 is 2.39 bits per heavy atom. The van der Waals surface area contributed by atoms with Gasteiger partial charge in [-0.15, -0.1) is 0 Å². The van der Waals surface area contributed by atoms with Crippen molar-refractivity contribution in [2.45, 2.75) is 37.5 Å². The van der Waals surface area contributed by atoms with Crippen LogP contribution in [0.1, 0.15) is 37.4 Å². The van der Waals surface area contributed by atoms with E-state index >= 15 is 0 Å². The van der Waals surface area contributed by atoms with Gasteiger partial charge in [0, 0.05) is 12.6 Å². The van der Waals surface area contributed by atoms with E-state index in [9.17, 15) is 0 Å². The van der Waals surface area contributed by atoms with Crippen molar-refractivity contribution >= 4 is 11.8 Å². The largest absolute Gasteiger partial charge is 0.381 e. The summed E-state index contributed by atoms with van der Waals surface area (Å²) in [6, 6.07) is 0.390. The van der Waals surface area contributed by atoms with Gasteiger partial charge in [0.25, 0.3) is 0 Å². The van der Waals surface area contributed by atoms with Crippen LogP contribution in [-0.4, -0.2) is 42.2 Å². The molecule has 0 aliphatic carbocycles. The van der Waals surface area contributed by atoms with Crippen LogP contribution in [0.2, 0.25) is 0 Å². The molecule has 1 aromatic heterocycles. The van der Waals surface area contributed by atoms with Crippen LogP contribution in [0.4, 0.5) is 0 Å². The first-order chi connectivity index (χ1) is 8.85. The van der Waals surface area contributed by atoms with Gasteiger partial charge in [-0.1, -0.05) is 12.1 Å². The smallest absolute Gasteiger partial charge is 0.233 e. The molecule has 0 radical (unpaired) electrons. The molecule has 0 amide bonds. The lowest BCUT2D eigenvalue weighted by atomic mass is 9.95. The Hall–Kier alpha value is -0.590. The SMILES string of the molecule is CCCNC1CCOCC1c1nc(CSC)no1. The number of rotatable bonds is 6. The van der Waals surface area contributed by atoms with Gasteiger partial charge in [0.2, 0.25) is 5.89 Å². The normalized spacial score (nSPS) is 24.3. The molecule has 2 unspecified atom stereocenters. The lowest BCUT2D eigenvalue weighted by molar-refractivity contribution is 0.0498. The number of nitrogens with one attached hydrogen (secondary N) is 1. The Labute approximate surface area is 112 Å². The molecule has 1 aliphatic rings. The summed E-state index contributed by atoms with van der Waals surface area (Å²) in [5.74, 6) is 2.47. The molecule has 1 saturated heterocycles. The van der Waals surface area contributed by atoms with Crippen molar-refractivity contribution in [3.8, 4) is 0 Å². The number of nitrogens with zero attached hydrogens (tertiary/aromatic N) is 2. The maximum atomic E-state index is 5.54. The number of ether oxygens (including phenoxy) is 1. The van der Waals surface area contributed by atoms with E-state index in [1.807, 2.05) is 6.26 Å². The van der Waals surface area contributed by atoms with Crippen molar-refractivity contribution in [1.29, 1.82) is 0 Å². The van der Waals surface area contributed by atoms with Crippen molar-refractivity contribution in [3.05, 3.63) is 11.7 Å². The molecule has 102 valence electrons. The van der Waals surface area contributed by atoms with E-state index < -0.39 is 0 Å². The minimum atomic E-state index is 0.188. The minimum absolute atomic E-state index is 0.188. The van der Waals surface area contributed by atoms with Crippen LogP contribution in [0.5, 0.6) is 0 Å². The Balaban J connectivity index is 2.02. The van der Waals surface area contributed by atoms with Crippen molar-refractivity contribution in [1.82, 2.24) is 15.5 Å². The summed E-state index contributed by atoms with van der Waals surface area (Å²) in [5, 5.41) is 7.55. The fraction of sp³-hybridized carbons (Fsp3) is 0.833. The van der Waals surface area contributed by atoms with E-state index in [4.69, 9.17) is 9.26 Å². The van der Waals surface area contributed by atoms with Crippen LogP contribution in [0.15, 0.2) is 4.52 Å². The van der Waals surface area contributed by atoms with Gasteiger partial charge in [0.05, 0.1) is 18.3 Å². The lowest BCUT2D eigenvalue weighted by Crippen LogP contribution is -2.41. The summed E-state index contributed by atoms with van der Waals surface area (Å²) in [6.45, 7) is 4.67. The number of aromatic nitrogens is 2. The molecule has 1 fully saturated rings. The highest BCUT2D eigenvalue weighted by Crippen LogP contribution is 2.25. The van der Waals surface area contributed by atoms with Crippen LogP contribution in [0.25, 0.3) is 0 Å². The van der Waals surface area contributed by atoms with Crippen LogP contribution in [0, 0.1) is 0 Å². The monoisotopic (exact) mass is 271 g/mol. The van der Waals surface area contributed by atoms with Gasteiger partial charge >= 0.3 is 0 Å². The molecule has 1 N–H and O–H groups in total. The average molecular weight is 271 g/mol. The van der Waals surface area contributed by atoms with E-state index in [1.54, 1.807) is 11.8 Å². The highest BCUT2D eigenvalue weighted by atomic mass is 32.2. The summed E-state index contributed by atoms with van der Waals surface area (Å²) in [4.78, 5) is 4.46. The van der Waals surface area contributed by atoms with Crippen LogP contribution < -0.4 is 5.32 Å². The zero-order chi connectivity index (χ0) is 12.8. The van der Waals surface area contributed by atoms with E-state index in [1.165, 1.54) is 0 Å². The topological polar surface area (TPSA) is 60.2 Å². The fourth-order valence-electron chi connectivity index (χ4n) is 2.16. The first kappa shape index (κ1) is 13.8. The summed E-state index contributed by atoms with van der Waals surface area (Å²) >= 11 is 1.70. The zero-order valence-electron chi connectivity index (χ0n) is 11.0. The molecule has 2 rings (SSSR count). The van der Waals surface area contributed by atoms with E-state index in [0.29, 0.717) is 18.5 Å². The predicted octanol–water partition coefficient (Wildman–Crippen LogP) is 1.80. The molecule has 5 nitrogen and oxygen atoms in total. The highest BCUT2D eigenvalue weighted by Gasteiger charge is 2.31. The molecule has 2 heterocycles. The van der Waals surface area contributed by atoms with E-state index in [2.05, 4.69) is 22.4 Å².